The third-order valence-corrected chi connectivity index (χ3v) is 5.60. The zero-order valence-corrected chi connectivity index (χ0v) is 18.0. The Morgan fingerprint density at radius 1 is 0.867 bits per heavy atom. The van der Waals surface area contributed by atoms with Crippen molar-refractivity contribution in [1.82, 2.24) is 14.6 Å². The van der Waals surface area contributed by atoms with E-state index >= 15 is 0 Å². The SMILES string of the molecule is CC[NH+](CC)CCNc1cc(-c2ccccc2)nc2cc(-c3cccc(C)c3)nn12. The highest BCUT2D eigenvalue weighted by Crippen LogP contribution is 2.26. The Morgan fingerprint density at radius 3 is 2.37 bits per heavy atom. The molecule has 0 spiro atoms. The van der Waals surface area contributed by atoms with Gasteiger partial charge in [0.2, 0.25) is 0 Å². The van der Waals surface area contributed by atoms with Crippen molar-refractivity contribution in [3.05, 3.63) is 72.3 Å². The Balaban J connectivity index is 1.74. The molecule has 0 saturated carbocycles. The number of aromatic nitrogens is 3. The van der Waals surface area contributed by atoms with Gasteiger partial charge in [-0.15, -0.1) is 0 Å². The lowest BCUT2D eigenvalue weighted by atomic mass is 10.1. The van der Waals surface area contributed by atoms with Gasteiger partial charge in [-0.3, -0.25) is 0 Å². The van der Waals surface area contributed by atoms with E-state index in [0.29, 0.717) is 0 Å². The van der Waals surface area contributed by atoms with Gasteiger partial charge in [-0.2, -0.15) is 9.61 Å². The predicted octanol–water partition coefficient (Wildman–Crippen LogP) is 3.71. The molecule has 0 amide bonds. The minimum absolute atomic E-state index is 0.852. The molecule has 4 rings (SSSR count). The number of aryl methyl sites for hydroxylation is 1. The second-order valence-electron chi connectivity index (χ2n) is 7.70. The molecule has 4 aromatic rings. The minimum atomic E-state index is 0.852. The summed E-state index contributed by atoms with van der Waals surface area (Å²) < 4.78 is 1.93. The number of quaternary nitrogens is 1. The van der Waals surface area contributed by atoms with Gasteiger partial charge < -0.3 is 10.2 Å². The van der Waals surface area contributed by atoms with E-state index in [1.54, 1.807) is 4.90 Å². The van der Waals surface area contributed by atoms with Crippen LogP contribution in [0.5, 0.6) is 0 Å². The first-order chi connectivity index (χ1) is 14.7. The van der Waals surface area contributed by atoms with Crippen LogP contribution >= 0.6 is 0 Å². The third kappa shape index (κ3) is 4.36. The minimum Gasteiger partial charge on any atom is -0.364 e. The number of rotatable bonds is 8. The molecule has 0 saturated heterocycles. The van der Waals surface area contributed by atoms with Crippen molar-refractivity contribution in [2.75, 3.05) is 31.5 Å². The summed E-state index contributed by atoms with van der Waals surface area (Å²) in [5.41, 5.74) is 6.19. The summed E-state index contributed by atoms with van der Waals surface area (Å²) in [6, 6.07) is 22.9. The van der Waals surface area contributed by atoms with Crippen molar-refractivity contribution >= 4 is 11.5 Å². The molecule has 30 heavy (non-hydrogen) atoms. The average molecular weight is 401 g/mol. The summed E-state index contributed by atoms with van der Waals surface area (Å²) in [5, 5.41) is 8.49. The van der Waals surface area contributed by atoms with Crippen LogP contribution in [-0.4, -0.2) is 40.8 Å². The van der Waals surface area contributed by atoms with E-state index < -0.39 is 0 Å². The summed E-state index contributed by atoms with van der Waals surface area (Å²) in [6.45, 7) is 10.8. The molecular weight excluding hydrogens is 370 g/mol. The molecular formula is C25H30N5+. The molecule has 154 valence electrons. The number of hydrogen-bond donors (Lipinski definition) is 2. The van der Waals surface area contributed by atoms with Gasteiger partial charge in [0.25, 0.3) is 0 Å². The standard InChI is InChI=1S/C25H29N5/c1-4-29(5-2)15-14-26-24-17-22(20-11-7-6-8-12-20)27-25-18-23(28-30(24)25)21-13-9-10-19(3)16-21/h6-13,16-18,26H,4-5,14-15H2,1-3H3/p+1. The van der Waals surface area contributed by atoms with Crippen LogP contribution in [0.3, 0.4) is 0 Å². The van der Waals surface area contributed by atoms with E-state index in [4.69, 9.17) is 10.1 Å². The van der Waals surface area contributed by atoms with E-state index in [1.807, 2.05) is 22.7 Å². The van der Waals surface area contributed by atoms with Gasteiger partial charge in [-0.05, 0) is 26.8 Å². The Bertz CT molecular complexity index is 1110. The highest BCUT2D eigenvalue weighted by molar-refractivity contribution is 5.70. The molecule has 0 atom stereocenters. The van der Waals surface area contributed by atoms with Crippen molar-refractivity contribution < 1.29 is 4.90 Å². The second-order valence-corrected chi connectivity index (χ2v) is 7.70. The molecule has 0 aliphatic rings. The number of nitrogens with one attached hydrogen (secondary N) is 2. The maximum absolute atomic E-state index is 4.91. The van der Waals surface area contributed by atoms with Crippen LogP contribution in [0.4, 0.5) is 5.82 Å². The lowest BCUT2D eigenvalue weighted by Crippen LogP contribution is -3.12. The van der Waals surface area contributed by atoms with Gasteiger partial charge >= 0.3 is 0 Å². The summed E-state index contributed by atoms with van der Waals surface area (Å²) in [6.07, 6.45) is 0. The fourth-order valence-electron chi connectivity index (χ4n) is 3.77. The van der Waals surface area contributed by atoms with Crippen LogP contribution in [0.15, 0.2) is 66.7 Å². The quantitative estimate of drug-likeness (QED) is 0.474. The number of likely N-dealkylation sites (N-methyl/N-ethyl adjacent to an activating group) is 1. The Hall–Kier alpha value is -3.18. The molecule has 5 nitrogen and oxygen atoms in total. The molecule has 2 aromatic carbocycles. The van der Waals surface area contributed by atoms with Crippen LogP contribution in [0.25, 0.3) is 28.2 Å². The summed E-state index contributed by atoms with van der Waals surface area (Å²) in [5.74, 6) is 0.976. The van der Waals surface area contributed by atoms with E-state index in [9.17, 15) is 0 Å². The maximum atomic E-state index is 4.91. The third-order valence-electron chi connectivity index (χ3n) is 5.60. The first-order valence-electron chi connectivity index (χ1n) is 10.8. The Kier molecular flexibility index (Phi) is 6.10. The highest BCUT2D eigenvalue weighted by atomic mass is 15.3. The van der Waals surface area contributed by atoms with Gasteiger partial charge in [0, 0.05) is 23.3 Å². The largest absolute Gasteiger partial charge is 0.364 e. The van der Waals surface area contributed by atoms with Crippen LogP contribution in [0.1, 0.15) is 19.4 Å². The van der Waals surface area contributed by atoms with Crippen molar-refractivity contribution in [2.24, 2.45) is 0 Å². The van der Waals surface area contributed by atoms with Crippen LogP contribution < -0.4 is 10.2 Å². The first kappa shape index (κ1) is 20.1. The lowest BCUT2D eigenvalue weighted by Gasteiger charge is -2.16. The molecule has 0 radical (unpaired) electrons. The van der Waals surface area contributed by atoms with Gasteiger partial charge in [0.05, 0.1) is 37.6 Å². The predicted molar refractivity (Wildman–Crippen MR) is 124 cm³/mol. The Labute approximate surface area is 178 Å². The number of anilines is 1. The van der Waals surface area contributed by atoms with E-state index in [1.165, 1.54) is 5.56 Å². The molecule has 2 heterocycles. The van der Waals surface area contributed by atoms with E-state index in [0.717, 1.165) is 60.2 Å². The van der Waals surface area contributed by atoms with Gasteiger partial charge in [-0.1, -0.05) is 54.1 Å². The smallest absolute Gasteiger partial charge is 0.158 e. The van der Waals surface area contributed by atoms with Crippen molar-refractivity contribution in [1.29, 1.82) is 0 Å². The normalized spacial score (nSPS) is 11.3. The molecule has 0 aliphatic carbocycles. The molecule has 0 bridgehead atoms. The molecule has 2 N–H and O–H groups in total. The van der Waals surface area contributed by atoms with Gasteiger partial charge in [0.1, 0.15) is 5.82 Å². The molecule has 0 unspecified atom stereocenters. The van der Waals surface area contributed by atoms with E-state index in [2.05, 4.69) is 74.6 Å². The Morgan fingerprint density at radius 2 is 1.63 bits per heavy atom. The first-order valence-corrected chi connectivity index (χ1v) is 10.8. The maximum Gasteiger partial charge on any atom is 0.158 e. The summed E-state index contributed by atoms with van der Waals surface area (Å²) in [7, 11) is 0. The van der Waals surface area contributed by atoms with Crippen LogP contribution in [-0.2, 0) is 0 Å². The molecule has 2 aromatic heterocycles. The lowest BCUT2D eigenvalue weighted by molar-refractivity contribution is -0.894. The van der Waals surface area contributed by atoms with Crippen molar-refractivity contribution in [2.45, 2.75) is 20.8 Å². The zero-order chi connectivity index (χ0) is 20.9. The number of fused-ring (bicyclic) bond motifs is 1. The second kappa shape index (κ2) is 9.09. The molecule has 0 aliphatic heterocycles. The monoisotopic (exact) mass is 400 g/mol. The van der Waals surface area contributed by atoms with Crippen LogP contribution in [0.2, 0.25) is 0 Å². The van der Waals surface area contributed by atoms with Gasteiger partial charge in [0.15, 0.2) is 5.65 Å². The van der Waals surface area contributed by atoms with E-state index in [-0.39, 0.29) is 0 Å². The average Bonchev–Trinajstić information content (AvgIpc) is 3.22. The fourth-order valence-corrected chi connectivity index (χ4v) is 3.77. The van der Waals surface area contributed by atoms with Gasteiger partial charge in [-0.25, -0.2) is 4.98 Å². The molecule has 0 fully saturated rings. The number of hydrogen-bond acceptors (Lipinski definition) is 3. The van der Waals surface area contributed by atoms with Crippen molar-refractivity contribution in [3.8, 4) is 22.5 Å². The number of benzene rings is 2. The summed E-state index contributed by atoms with van der Waals surface area (Å²) in [4.78, 5) is 6.49. The topological polar surface area (TPSA) is 46.7 Å². The number of nitrogens with zero attached hydrogens (tertiary/aromatic N) is 3. The fraction of sp³-hybridized carbons (Fsp3) is 0.280. The summed E-state index contributed by atoms with van der Waals surface area (Å²) >= 11 is 0. The zero-order valence-electron chi connectivity index (χ0n) is 18.0. The highest BCUT2D eigenvalue weighted by Gasteiger charge is 2.13. The van der Waals surface area contributed by atoms with Crippen LogP contribution in [0, 0.1) is 6.92 Å². The van der Waals surface area contributed by atoms with Crippen molar-refractivity contribution in [3.63, 3.8) is 0 Å². The molecule has 5 heteroatoms.